The molecule has 1 saturated heterocycles. The summed E-state index contributed by atoms with van der Waals surface area (Å²) >= 11 is 5.89. The maximum Gasteiger partial charge on any atom is 0.0900 e. The second-order valence-corrected chi connectivity index (χ2v) is 7.09. The van der Waals surface area contributed by atoms with Gasteiger partial charge in [-0.1, -0.05) is 23.7 Å². The van der Waals surface area contributed by atoms with Crippen LogP contribution in [-0.2, 0) is 4.74 Å². The summed E-state index contributed by atoms with van der Waals surface area (Å²) in [6.45, 7) is 5.27. The maximum absolute atomic E-state index is 10.2. The molecule has 5 heteroatoms. The summed E-state index contributed by atoms with van der Waals surface area (Å²) in [4.78, 5) is 4.63. The Bertz CT molecular complexity index is 461. The van der Waals surface area contributed by atoms with E-state index in [1.54, 1.807) is 0 Å². The van der Waals surface area contributed by atoms with Crippen molar-refractivity contribution >= 4 is 11.6 Å². The summed E-state index contributed by atoms with van der Waals surface area (Å²) in [5, 5.41) is 11.0. The highest BCUT2D eigenvalue weighted by Crippen LogP contribution is 2.20. The summed E-state index contributed by atoms with van der Waals surface area (Å²) in [5.74, 6) is 0. The van der Waals surface area contributed by atoms with Crippen LogP contribution in [0.15, 0.2) is 24.3 Å². The zero-order chi connectivity index (χ0) is 16.8. The number of aliphatic hydroxyl groups excluding tert-OH is 1. The van der Waals surface area contributed by atoms with Crippen molar-refractivity contribution in [2.75, 3.05) is 40.3 Å². The van der Waals surface area contributed by atoms with Crippen LogP contribution in [0.5, 0.6) is 0 Å². The lowest BCUT2D eigenvalue weighted by atomic mass is 10.0. The minimum atomic E-state index is -0.464. The third-order valence-corrected chi connectivity index (χ3v) is 4.94. The van der Waals surface area contributed by atoms with Crippen molar-refractivity contribution in [2.45, 2.75) is 38.0 Å². The van der Waals surface area contributed by atoms with E-state index >= 15 is 0 Å². The van der Waals surface area contributed by atoms with Gasteiger partial charge in [0.15, 0.2) is 0 Å². The van der Waals surface area contributed by atoms with Gasteiger partial charge in [-0.05, 0) is 64.6 Å². The molecule has 0 aromatic heterocycles. The smallest absolute Gasteiger partial charge is 0.0900 e. The molecule has 0 saturated carbocycles. The van der Waals surface area contributed by atoms with E-state index in [4.69, 9.17) is 16.3 Å². The van der Waals surface area contributed by atoms with Gasteiger partial charge in [-0.15, -0.1) is 0 Å². The zero-order valence-electron chi connectivity index (χ0n) is 14.4. The van der Waals surface area contributed by atoms with E-state index in [-0.39, 0.29) is 6.10 Å². The molecule has 1 aromatic rings. The molecule has 0 radical (unpaired) electrons. The molecule has 1 heterocycles. The number of piperidine rings is 1. The van der Waals surface area contributed by atoms with Crippen LogP contribution in [0, 0.1) is 0 Å². The van der Waals surface area contributed by atoms with E-state index in [1.165, 1.54) is 12.8 Å². The summed E-state index contributed by atoms with van der Waals surface area (Å²) in [5.41, 5.74) is 1.07. The van der Waals surface area contributed by atoms with Crippen LogP contribution in [0.2, 0.25) is 5.02 Å². The molecule has 2 rings (SSSR count). The molecule has 1 aromatic carbocycles. The van der Waals surface area contributed by atoms with Gasteiger partial charge in [0.1, 0.15) is 0 Å². The Kier molecular flexibility index (Phi) is 7.31. The van der Waals surface area contributed by atoms with Gasteiger partial charge in [-0.2, -0.15) is 0 Å². The number of benzene rings is 1. The number of aliphatic hydroxyl groups is 1. The lowest BCUT2D eigenvalue weighted by Crippen LogP contribution is -2.45. The quantitative estimate of drug-likeness (QED) is 0.828. The van der Waals surface area contributed by atoms with Gasteiger partial charge in [-0.25, -0.2) is 0 Å². The van der Waals surface area contributed by atoms with Crippen LogP contribution in [-0.4, -0.2) is 67.4 Å². The van der Waals surface area contributed by atoms with Crippen molar-refractivity contribution in [3.8, 4) is 0 Å². The number of likely N-dealkylation sites (N-methyl/N-ethyl adjacent to an activating group) is 1. The third kappa shape index (κ3) is 6.05. The number of likely N-dealkylation sites (tertiary alicyclic amines) is 1. The number of rotatable bonds is 7. The average molecular weight is 341 g/mol. The molecule has 130 valence electrons. The van der Waals surface area contributed by atoms with Crippen LogP contribution in [0.25, 0.3) is 0 Å². The normalized spacial score (nSPS) is 19.9. The number of ether oxygens (including phenoxy) is 1. The molecule has 1 aliphatic heterocycles. The highest BCUT2D eigenvalue weighted by molar-refractivity contribution is 6.30. The molecular weight excluding hydrogens is 312 g/mol. The summed E-state index contributed by atoms with van der Waals surface area (Å²) in [6.07, 6.45) is 1.83. The summed E-state index contributed by atoms with van der Waals surface area (Å²) in [7, 11) is 4.26. The first kappa shape index (κ1) is 18.7. The van der Waals surface area contributed by atoms with Crippen LogP contribution in [0.1, 0.15) is 31.4 Å². The minimum Gasteiger partial charge on any atom is -0.389 e. The van der Waals surface area contributed by atoms with Gasteiger partial charge < -0.3 is 19.6 Å². The van der Waals surface area contributed by atoms with Crippen molar-refractivity contribution in [1.82, 2.24) is 9.80 Å². The molecule has 0 bridgehead atoms. The van der Waals surface area contributed by atoms with E-state index in [2.05, 4.69) is 23.9 Å². The Balaban J connectivity index is 1.71. The largest absolute Gasteiger partial charge is 0.389 e. The second kappa shape index (κ2) is 9.00. The molecule has 0 amide bonds. The second-order valence-electron chi connectivity index (χ2n) is 6.65. The standard InChI is InChI=1S/C18H29ClN2O2/c1-14(15-4-6-16(19)7-5-15)23-13-18(22)12-21(3)17-8-10-20(2)11-9-17/h4-7,14,17-18,22H,8-13H2,1-3H3. The third-order valence-electron chi connectivity index (χ3n) is 4.69. The lowest BCUT2D eigenvalue weighted by Gasteiger charge is -2.36. The fraction of sp³-hybridized carbons (Fsp3) is 0.667. The lowest BCUT2D eigenvalue weighted by molar-refractivity contribution is -0.0201. The molecular formula is C18H29ClN2O2. The zero-order valence-corrected chi connectivity index (χ0v) is 15.2. The van der Waals surface area contributed by atoms with Crippen molar-refractivity contribution in [3.05, 3.63) is 34.9 Å². The van der Waals surface area contributed by atoms with Crippen molar-refractivity contribution in [2.24, 2.45) is 0 Å². The van der Waals surface area contributed by atoms with Gasteiger partial charge in [0.05, 0.1) is 18.8 Å². The fourth-order valence-electron chi connectivity index (χ4n) is 3.06. The molecule has 4 nitrogen and oxygen atoms in total. The summed E-state index contributed by atoms with van der Waals surface area (Å²) in [6, 6.07) is 8.21. The Morgan fingerprint density at radius 2 is 1.91 bits per heavy atom. The van der Waals surface area contributed by atoms with E-state index < -0.39 is 6.10 Å². The molecule has 0 spiro atoms. The molecule has 1 aliphatic rings. The monoisotopic (exact) mass is 340 g/mol. The van der Waals surface area contributed by atoms with Crippen LogP contribution in [0.3, 0.4) is 0 Å². The topological polar surface area (TPSA) is 35.9 Å². The summed E-state index contributed by atoms with van der Waals surface area (Å²) < 4.78 is 5.81. The van der Waals surface area contributed by atoms with E-state index in [1.807, 2.05) is 31.2 Å². The van der Waals surface area contributed by atoms with E-state index in [0.717, 1.165) is 23.7 Å². The first-order valence-electron chi connectivity index (χ1n) is 8.39. The molecule has 2 atom stereocenters. The predicted octanol–water partition coefficient (Wildman–Crippen LogP) is 2.80. The molecule has 0 aliphatic carbocycles. The van der Waals surface area contributed by atoms with Crippen LogP contribution >= 0.6 is 11.6 Å². The predicted molar refractivity (Wildman–Crippen MR) is 95.0 cm³/mol. The van der Waals surface area contributed by atoms with E-state index in [0.29, 0.717) is 19.2 Å². The molecule has 1 fully saturated rings. The molecule has 23 heavy (non-hydrogen) atoms. The number of hydrogen-bond acceptors (Lipinski definition) is 4. The van der Waals surface area contributed by atoms with Gasteiger partial charge in [0, 0.05) is 17.6 Å². The highest BCUT2D eigenvalue weighted by atomic mass is 35.5. The fourth-order valence-corrected chi connectivity index (χ4v) is 3.18. The maximum atomic E-state index is 10.2. The Labute approximate surface area is 145 Å². The molecule has 2 unspecified atom stereocenters. The highest BCUT2D eigenvalue weighted by Gasteiger charge is 2.22. The average Bonchev–Trinajstić information content (AvgIpc) is 2.54. The Hall–Kier alpha value is -0.650. The van der Waals surface area contributed by atoms with Crippen LogP contribution in [0.4, 0.5) is 0 Å². The van der Waals surface area contributed by atoms with Gasteiger partial charge >= 0.3 is 0 Å². The Morgan fingerprint density at radius 3 is 2.52 bits per heavy atom. The van der Waals surface area contributed by atoms with Crippen molar-refractivity contribution in [1.29, 1.82) is 0 Å². The molecule has 1 N–H and O–H groups in total. The van der Waals surface area contributed by atoms with Crippen LogP contribution < -0.4 is 0 Å². The van der Waals surface area contributed by atoms with E-state index in [9.17, 15) is 5.11 Å². The first-order valence-corrected chi connectivity index (χ1v) is 8.77. The first-order chi connectivity index (χ1) is 11.0. The number of halogens is 1. The van der Waals surface area contributed by atoms with Crippen molar-refractivity contribution < 1.29 is 9.84 Å². The van der Waals surface area contributed by atoms with Gasteiger partial charge in [0.25, 0.3) is 0 Å². The minimum absolute atomic E-state index is 0.0458. The van der Waals surface area contributed by atoms with Gasteiger partial charge in [0.2, 0.25) is 0 Å². The number of nitrogens with zero attached hydrogens (tertiary/aromatic N) is 2. The van der Waals surface area contributed by atoms with Crippen molar-refractivity contribution in [3.63, 3.8) is 0 Å². The van der Waals surface area contributed by atoms with Gasteiger partial charge in [-0.3, -0.25) is 0 Å². The number of hydrogen-bond donors (Lipinski definition) is 1. The SMILES string of the molecule is CC(OCC(O)CN(C)C1CCN(C)CC1)c1ccc(Cl)cc1. The Morgan fingerprint density at radius 1 is 1.30 bits per heavy atom.